The minimum atomic E-state index is -0.136. The summed E-state index contributed by atoms with van der Waals surface area (Å²) in [4.78, 5) is 0. The Kier molecular flexibility index (Phi) is 3.54. The molecule has 1 saturated carbocycles. The minimum Gasteiger partial charge on any atom is -0.376 e. The summed E-state index contributed by atoms with van der Waals surface area (Å²) in [6, 6.07) is 10.2. The second-order valence-electron chi connectivity index (χ2n) is 5.25. The summed E-state index contributed by atoms with van der Waals surface area (Å²) in [6.45, 7) is 0. The summed E-state index contributed by atoms with van der Waals surface area (Å²) in [7, 11) is 3.76. The number of rotatable bonds is 5. The third-order valence-electron chi connectivity index (χ3n) is 4.29. The van der Waals surface area contributed by atoms with E-state index in [9.17, 15) is 0 Å². The van der Waals surface area contributed by atoms with Crippen molar-refractivity contribution in [3.63, 3.8) is 0 Å². The molecule has 1 N–H and O–H groups in total. The van der Waals surface area contributed by atoms with Gasteiger partial charge in [0.2, 0.25) is 0 Å². The van der Waals surface area contributed by atoms with Crippen molar-refractivity contribution in [1.29, 1.82) is 0 Å². The van der Waals surface area contributed by atoms with E-state index in [-0.39, 0.29) is 11.6 Å². The van der Waals surface area contributed by atoms with E-state index in [1.807, 2.05) is 48.3 Å². The predicted molar refractivity (Wildman–Crippen MR) is 76.8 cm³/mol. The van der Waals surface area contributed by atoms with Gasteiger partial charge in [-0.25, -0.2) is 4.68 Å². The Morgan fingerprint density at radius 3 is 2.60 bits per heavy atom. The molecule has 0 amide bonds. The quantitative estimate of drug-likeness (QED) is 0.905. The number of nitrogens with one attached hydrogen (secondary N) is 1. The highest BCUT2D eigenvalue weighted by molar-refractivity contribution is 5.33. The van der Waals surface area contributed by atoms with Gasteiger partial charge in [0.15, 0.2) is 0 Å². The maximum Gasteiger partial charge on any atom is 0.0888 e. The lowest BCUT2D eigenvalue weighted by molar-refractivity contribution is -0.0996. The number of benzene rings is 1. The highest BCUT2D eigenvalue weighted by Gasteiger charge is 2.46. The molecule has 0 spiro atoms. The Morgan fingerprint density at radius 1 is 1.30 bits per heavy atom. The smallest absolute Gasteiger partial charge is 0.0888 e. The van der Waals surface area contributed by atoms with Gasteiger partial charge >= 0.3 is 0 Å². The summed E-state index contributed by atoms with van der Waals surface area (Å²) in [5, 5.41) is 11.7. The Balaban J connectivity index is 2.00. The second-order valence-corrected chi connectivity index (χ2v) is 5.25. The number of aromatic nitrogens is 3. The van der Waals surface area contributed by atoms with Crippen LogP contribution < -0.4 is 5.32 Å². The highest BCUT2D eigenvalue weighted by Crippen LogP contribution is 2.44. The van der Waals surface area contributed by atoms with E-state index >= 15 is 0 Å². The monoisotopic (exact) mass is 272 g/mol. The van der Waals surface area contributed by atoms with Crippen LogP contribution in [0.5, 0.6) is 0 Å². The van der Waals surface area contributed by atoms with Gasteiger partial charge < -0.3 is 10.1 Å². The molecule has 1 aliphatic rings. The summed E-state index contributed by atoms with van der Waals surface area (Å²) in [5.74, 6) is 0. The molecule has 5 nitrogen and oxygen atoms in total. The Morgan fingerprint density at radius 2 is 2.05 bits per heavy atom. The Labute approximate surface area is 118 Å². The topological polar surface area (TPSA) is 52.0 Å². The van der Waals surface area contributed by atoms with Crippen molar-refractivity contribution in [3.05, 3.63) is 42.2 Å². The molecule has 2 aromatic rings. The third-order valence-corrected chi connectivity index (χ3v) is 4.29. The van der Waals surface area contributed by atoms with Crippen LogP contribution in [-0.4, -0.2) is 34.8 Å². The molecule has 0 aliphatic heterocycles. The fourth-order valence-electron chi connectivity index (χ4n) is 3.03. The van der Waals surface area contributed by atoms with Crippen LogP contribution in [-0.2, 0) is 4.74 Å². The van der Waals surface area contributed by atoms with Crippen molar-refractivity contribution in [2.45, 2.75) is 30.9 Å². The average molecular weight is 272 g/mol. The normalized spacial score (nSPS) is 18.5. The molecule has 0 saturated heterocycles. The molecule has 5 heteroatoms. The van der Waals surface area contributed by atoms with Crippen LogP contribution >= 0.6 is 0 Å². The van der Waals surface area contributed by atoms with Crippen molar-refractivity contribution < 1.29 is 4.74 Å². The van der Waals surface area contributed by atoms with Crippen molar-refractivity contribution in [3.8, 4) is 5.69 Å². The molecule has 1 aromatic carbocycles. The molecule has 106 valence electrons. The Hall–Kier alpha value is -1.72. The maximum atomic E-state index is 5.81. The first-order valence-corrected chi connectivity index (χ1v) is 6.99. The molecule has 1 unspecified atom stereocenters. The number of nitrogens with zero attached hydrogens (tertiary/aromatic N) is 3. The molecule has 0 radical (unpaired) electrons. The zero-order valence-corrected chi connectivity index (χ0v) is 11.9. The van der Waals surface area contributed by atoms with Gasteiger partial charge in [0.25, 0.3) is 0 Å². The molecule has 1 fully saturated rings. The lowest BCUT2D eigenvalue weighted by Crippen LogP contribution is -2.50. The standard InChI is InChI=1S/C15H20N4O/c1-16-14(15(20-2)9-6-10-15)13-11-17-18-19(13)12-7-4-3-5-8-12/h3-5,7-8,11,14,16H,6,9-10H2,1-2H3. The van der Waals surface area contributed by atoms with Crippen molar-refractivity contribution in [2.24, 2.45) is 0 Å². The van der Waals surface area contributed by atoms with Crippen LogP contribution in [0, 0.1) is 0 Å². The van der Waals surface area contributed by atoms with E-state index in [4.69, 9.17) is 4.74 Å². The van der Waals surface area contributed by atoms with E-state index < -0.39 is 0 Å². The van der Waals surface area contributed by atoms with Gasteiger partial charge in [-0.15, -0.1) is 5.10 Å². The fraction of sp³-hybridized carbons (Fsp3) is 0.467. The van der Waals surface area contributed by atoms with E-state index in [2.05, 4.69) is 15.6 Å². The molecule has 1 aromatic heterocycles. The van der Waals surface area contributed by atoms with Gasteiger partial charge in [0.05, 0.1) is 29.2 Å². The first kappa shape index (κ1) is 13.3. The molecule has 0 bridgehead atoms. The SMILES string of the molecule is CNC(c1cnnn1-c1ccccc1)C1(OC)CCC1. The number of para-hydroxylation sites is 1. The molecule has 3 rings (SSSR count). The minimum absolute atomic E-state index is 0.0939. The van der Waals surface area contributed by atoms with Crippen LogP contribution in [0.1, 0.15) is 31.0 Å². The maximum absolute atomic E-state index is 5.81. The van der Waals surface area contributed by atoms with Gasteiger partial charge in [-0.05, 0) is 38.4 Å². The second kappa shape index (κ2) is 5.34. The van der Waals surface area contributed by atoms with Gasteiger partial charge in [-0.3, -0.25) is 0 Å². The van der Waals surface area contributed by atoms with E-state index in [0.29, 0.717) is 0 Å². The predicted octanol–water partition coefficient (Wildman–Crippen LogP) is 2.10. The average Bonchev–Trinajstić information content (AvgIpc) is 2.92. The summed E-state index contributed by atoms with van der Waals surface area (Å²) in [5.41, 5.74) is 1.93. The molecule has 1 aliphatic carbocycles. The number of ether oxygens (including phenoxy) is 1. The van der Waals surface area contributed by atoms with Gasteiger partial charge in [0.1, 0.15) is 0 Å². The highest BCUT2D eigenvalue weighted by atomic mass is 16.5. The van der Waals surface area contributed by atoms with Crippen molar-refractivity contribution >= 4 is 0 Å². The van der Waals surface area contributed by atoms with Gasteiger partial charge in [-0.1, -0.05) is 23.4 Å². The van der Waals surface area contributed by atoms with Crippen molar-refractivity contribution in [2.75, 3.05) is 14.2 Å². The van der Waals surface area contributed by atoms with Crippen LogP contribution in [0.4, 0.5) is 0 Å². The van der Waals surface area contributed by atoms with Crippen LogP contribution in [0.2, 0.25) is 0 Å². The summed E-state index contributed by atoms with van der Waals surface area (Å²) in [6.07, 6.45) is 5.16. The van der Waals surface area contributed by atoms with E-state index in [0.717, 1.165) is 24.2 Å². The fourth-order valence-corrected chi connectivity index (χ4v) is 3.03. The number of hydrogen-bond donors (Lipinski definition) is 1. The first-order chi connectivity index (χ1) is 9.80. The van der Waals surface area contributed by atoms with Gasteiger partial charge in [-0.2, -0.15) is 0 Å². The number of likely N-dealkylation sites (N-methyl/N-ethyl adjacent to an activating group) is 1. The van der Waals surface area contributed by atoms with E-state index in [1.165, 1.54) is 6.42 Å². The number of methoxy groups -OCH3 is 1. The Bertz CT molecular complexity index is 557. The first-order valence-electron chi connectivity index (χ1n) is 6.99. The zero-order valence-electron chi connectivity index (χ0n) is 11.9. The van der Waals surface area contributed by atoms with E-state index in [1.54, 1.807) is 7.11 Å². The summed E-state index contributed by atoms with van der Waals surface area (Å²) >= 11 is 0. The molecule has 1 heterocycles. The third kappa shape index (κ3) is 2.03. The lowest BCUT2D eigenvalue weighted by Gasteiger charge is -2.46. The lowest BCUT2D eigenvalue weighted by atomic mass is 9.73. The molecular weight excluding hydrogens is 252 g/mol. The van der Waals surface area contributed by atoms with Gasteiger partial charge in [0, 0.05) is 7.11 Å². The molecule has 1 atom stereocenters. The number of hydrogen-bond acceptors (Lipinski definition) is 4. The molecular formula is C15H20N4O. The largest absolute Gasteiger partial charge is 0.376 e. The zero-order chi connectivity index (χ0) is 14.0. The summed E-state index contributed by atoms with van der Waals surface area (Å²) < 4.78 is 7.70. The van der Waals surface area contributed by atoms with Crippen molar-refractivity contribution in [1.82, 2.24) is 20.3 Å². The molecule has 20 heavy (non-hydrogen) atoms. The van der Waals surface area contributed by atoms with Crippen LogP contribution in [0.3, 0.4) is 0 Å². The van der Waals surface area contributed by atoms with Crippen LogP contribution in [0.25, 0.3) is 5.69 Å². The van der Waals surface area contributed by atoms with Crippen LogP contribution in [0.15, 0.2) is 36.5 Å².